The summed E-state index contributed by atoms with van der Waals surface area (Å²) < 4.78 is 1.73. The topological polar surface area (TPSA) is 78.0 Å². The van der Waals surface area contributed by atoms with E-state index in [0.717, 1.165) is 35.0 Å². The average Bonchev–Trinajstić information content (AvgIpc) is 3.01. The van der Waals surface area contributed by atoms with Gasteiger partial charge in [-0.05, 0) is 54.9 Å². The van der Waals surface area contributed by atoms with Gasteiger partial charge < -0.3 is 5.73 Å². The number of nitrogens with two attached hydrogens (primary N) is 1. The van der Waals surface area contributed by atoms with Crippen LogP contribution in [-0.4, -0.2) is 15.5 Å². The summed E-state index contributed by atoms with van der Waals surface area (Å²) in [4.78, 5) is 31.7. The van der Waals surface area contributed by atoms with E-state index in [9.17, 15) is 9.59 Å². The Balaban J connectivity index is 1.81. The fourth-order valence-corrected chi connectivity index (χ4v) is 5.68. The number of hydrogen-bond donors (Lipinski definition) is 1. The van der Waals surface area contributed by atoms with Crippen LogP contribution in [0.25, 0.3) is 10.2 Å². The number of amides is 1. The van der Waals surface area contributed by atoms with Crippen molar-refractivity contribution in [1.29, 1.82) is 0 Å². The smallest absolute Gasteiger partial charge is 0.262 e. The molecule has 1 aromatic carbocycles. The van der Waals surface area contributed by atoms with Gasteiger partial charge in [0.1, 0.15) is 10.7 Å². The number of hydrogen-bond acceptors (Lipinski definition) is 4. The summed E-state index contributed by atoms with van der Waals surface area (Å²) in [6.07, 6.45) is 4.34. The number of thiophene rings is 1. The Morgan fingerprint density at radius 3 is 3.00 bits per heavy atom. The summed E-state index contributed by atoms with van der Waals surface area (Å²) in [5.41, 5.74) is 7.48. The van der Waals surface area contributed by atoms with E-state index in [2.05, 4.69) is 6.92 Å². The van der Waals surface area contributed by atoms with Crippen molar-refractivity contribution in [1.82, 2.24) is 9.55 Å². The lowest BCUT2D eigenvalue weighted by atomic mass is 9.89. The standard InChI is InChI=1S/C22H24ClN3O2S/c1-13-7-8-16-17(10-13)29-21-20(16)22(28)26(9-3-6-18(24)27)19(25-21)12-14-4-2-5-15(23)11-14/h2,4-5,11,13H,3,6-10,12H2,1H3,(H2,24,27). The normalized spacial score (nSPS) is 16.1. The van der Waals surface area contributed by atoms with Crippen molar-refractivity contribution in [2.24, 2.45) is 11.7 Å². The lowest BCUT2D eigenvalue weighted by Gasteiger charge is -2.18. The van der Waals surface area contributed by atoms with Crippen LogP contribution in [0.4, 0.5) is 0 Å². The van der Waals surface area contributed by atoms with Crippen molar-refractivity contribution in [2.75, 3.05) is 0 Å². The number of halogens is 1. The van der Waals surface area contributed by atoms with E-state index >= 15 is 0 Å². The van der Waals surface area contributed by atoms with Crippen LogP contribution >= 0.6 is 22.9 Å². The van der Waals surface area contributed by atoms with Crippen molar-refractivity contribution in [3.63, 3.8) is 0 Å². The quantitative estimate of drug-likeness (QED) is 0.640. The highest BCUT2D eigenvalue weighted by atomic mass is 35.5. The highest BCUT2D eigenvalue weighted by Crippen LogP contribution is 2.36. The van der Waals surface area contributed by atoms with Crippen LogP contribution in [0.2, 0.25) is 5.02 Å². The molecule has 1 aliphatic rings. The van der Waals surface area contributed by atoms with Gasteiger partial charge in [-0.2, -0.15) is 0 Å². The molecule has 4 rings (SSSR count). The minimum absolute atomic E-state index is 0.00329. The minimum atomic E-state index is -0.356. The van der Waals surface area contributed by atoms with Crippen molar-refractivity contribution < 1.29 is 4.79 Å². The van der Waals surface area contributed by atoms with Crippen LogP contribution in [0.1, 0.15) is 48.0 Å². The van der Waals surface area contributed by atoms with Crippen molar-refractivity contribution in [3.05, 3.63) is 61.5 Å². The second-order valence-electron chi connectivity index (χ2n) is 7.89. The number of benzene rings is 1. The molecule has 7 heteroatoms. The first kappa shape index (κ1) is 20.1. The molecule has 5 nitrogen and oxygen atoms in total. The molecule has 2 heterocycles. The van der Waals surface area contributed by atoms with Gasteiger partial charge in [-0.15, -0.1) is 11.3 Å². The maximum atomic E-state index is 13.5. The lowest BCUT2D eigenvalue weighted by Crippen LogP contribution is -2.27. The van der Waals surface area contributed by atoms with Crippen LogP contribution in [0.5, 0.6) is 0 Å². The number of fused-ring (bicyclic) bond motifs is 3. The number of carbonyl (C=O) groups is 1. The second kappa shape index (κ2) is 8.28. The van der Waals surface area contributed by atoms with Crippen LogP contribution in [0.15, 0.2) is 29.1 Å². The zero-order chi connectivity index (χ0) is 20.5. The molecule has 0 saturated heterocycles. The highest BCUT2D eigenvalue weighted by molar-refractivity contribution is 7.18. The molecular formula is C22H24ClN3O2S. The molecule has 152 valence electrons. The summed E-state index contributed by atoms with van der Waals surface area (Å²) in [7, 11) is 0. The van der Waals surface area contributed by atoms with Crippen LogP contribution < -0.4 is 11.3 Å². The van der Waals surface area contributed by atoms with E-state index in [4.69, 9.17) is 22.3 Å². The van der Waals surface area contributed by atoms with Crippen molar-refractivity contribution >= 4 is 39.1 Å². The number of aromatic nitrogens is 2. The summed E-state index contributed by atoms with van der Waals surface area (Å²) in [6, 6.07) is 7.61. The maximum absolute atomic E-state index is 13.5. The largest absolute Gasteiger partial charge is 0.370 e. The molecule has 29 heavy (non-hydrogen) atoms. The molecule has 3 aromatic rings. The van der Waals surface area contributed by atoms with E-state index in [1.54, 1.807) is 15.9 Å². The number of primary amides is 1. The predicted octanol–water partition coefficient (Wildman–Crippen LogP) is 4.09. The Kier molecular flexibility index (Phi) is 5.74. The van der Waals surface area contributed by atoms with Gasteiger partial charge in [0.2, 0.25) is 5.91 Å². The van der Waals surface area contributed by atoms with Gasteiger partial charge in [0, 0.05) is 29.3 Å². The van der Waals surface area contributed by atoms with E-state index in [1.165, 1.54) is 10.4 Å². The average molecular weight is 430 g/mol. The first-order chi connectivity index (χ1) is 13.9. The zero-order valence-corrected chi connectivity index (χ0v) is 18.0. The maximum Gasteiger partial charge on any atom is 0.262 e. The first-order valence-electron chi connectivity index (χ1n) is 9.99. The molecule has 0 bridgehead atoms. The number of carbonyl (C=O) groups excluding carboxylic acids is 1. The summed E-state index contributed by atoms with van der Waals surface area (Å²) in [5.74, 6) is 0.991. The van der Waals surface area contributed by atoms with Crippen molar-refractivity contribution in [2.45, 2.75) is 52.0 Å². The van der Waals surface area contributed by atoms with Gasteiger partial charge in [-0.1, -0.05) is 30.7 Å². The van der Waals surface area contributed by atoms with Crippen molar-refractivity contribution in [3.8, 4) is 0 Å². The van der Waals surface area contributed by atoms with Gasteiger partial charge in [-0.25, -0.2) is 4.98 Å². The summed E-state index contributed by atoms with van der Waals surface area (Å²) >= 11 is 7.80. The molecule has 1 atom stereocenters. The van der Waals surface area contributed by atoms with Crippen LogP contribution in [0.3, 0.4) is 0 Å². The van der Waals surface area contributed by atoms with Crippen LogP contribution in [-0.2, 0) is 30.6 Å². The van der Waals surface area contributed by atoms with Gasteiger partial charge in [0.25, 0.3) is 5.56 Å². The Hall–Kier alpha value is -2.18. The van der Waals surface area contributed by atoms with E-state index in [0.29, 0.717) is 36.2 Å². The number of nitrogens with zero attached hydrogens (tertiary/aromatic N) is 2. The molecule has 0 radical (unpaired) electrons. The zero-order valence-electron chi connectivity index (χ0n) is 16.4. The van der Waals surface area contributed by atoms with Gasteiger partial charge >= 0.3 is 0 Å². The Morgan fingerprint density at radius 2 is 2.24 bits per heavy atom. The highest BCUT2D eigenvalue weighted by Gasteiger charge is 2.24. The van der Waals surface area contributed by atoms with Crippen LogP contribution in [0, 0.1) is 5.92 Å². The minimum Gasteiger partial charge on any atom is -0.370 e. The third-order valence-corrected chi connectivity index (χ3v) is 6.93. The fourth-order valence-electron chi connectivity index (χ4n) is 4.07. The SMILES string of the molecule is CC1CCc2c(sc3nc(Cc4cccc(Cl)c4)n(CCCC(N)=O)c(=O)c23)C1. The number of rotatable bonds is 6. The monoisotopic (exact) mass is 429 g/mol. The van der Waals surface area contributed by atoms with E-state index < -0.39 is 0 Å². The van der Waals surface area contributed by atoms with E-state index in [1.807, 2.05) is 24.3 Å². The molecule has 2 aromatic heterocycles. The van der Waals surface area contributed by atoms with Gasteiger partial charge in [0.05, 0.1) is 5.39 Å². The van der Waals surface area contributed by atoms with Gasteiger partial charge in [0.15, 0.2) is 0 Å². The Bertz CT molecular complexity index is 1140. The molecular weight excluding hydrogens is 406 g/mol. The lowest BCUT2D eigenvalue weighted by molar-refractivity contribution is -0.118. The molecule has 0 spiro atoms. The molecule has 2 N–H and O–H groups in total. The molecule has 0 saturated carbocycles. The van der Waals surface area contributed by atoms with Gasteiger partial charge in [-0.3, -0.25) is 14.2 Å². The third kappa shape index (κ3) is 4.23. The third-order valence-electron chi connectivity index (χ3n) is 5.55. The Morgan fingerprint density at radius 1 is 1.41 bits per heavy atom. The van der Waals surface area contributed by atoms with E-state index in [-0.39, 0.29) is 17.9 Å². The second-order valence-corrected chi connectivity index (χ2v) is 9.41. The molecule has 1 unspecified atom stereocenters. The first-order valence-corrected chi connectivity index (χ1v) is 11.2. The predicted molar refractivity (Wildman–Crippen MR) is 118 cm³/mol. The Labute approximate surface area is 178 Å². The fraction of sp³-hybridized carbons (Fsp3) is 0.409. The number of aryl methyl sites for hydroxylation is 1. The summed E-state index contributed by atoms with van der Waals surface area (Å²) in [5, 5.41) is 1.43. The summed E-state index contributed by atoms with van der Waals surface area (Å²) in [6.45, 7) is 2.69. The molecule has 0 aliphatic heterocycles. The molecule has 0 fully saturated rings. The molecule has 1 aliphatic carbocycles. The molecule has 1 amide bonds.